The number of amides is 8. The number of aliphatic hydroxyl groups excluding tert-OH is 1. The molecule has 64 heavy (non-hydrogen) atoms. The van der Waals surface area contributed by atoms with Crippen LogP contribution in [0.3, 0.4) is 0 Å². The van der Waals surface area contributed by atoms with E-state index in [1.54, 1.807) is 0 Å². The molecule has 0 spiro atoms. The third-order valence-electron chi connectivity index (χ3n) is 9.52. The van der Waals surface area contributed by atoms with Gasteiger partial charge in [0.25, 0.3) is 0 Å². The molecule has 8 amide bonds. The maximum Gasteiger partial charge on any atom is 0.305 e. The number of carbonyl (C=O) groups is 11. The molecule has 1 aliphatic rings. The second kappa shape index (κ2) is 27.4. The highest BCUT2D eigenvalue weighted by molar-refractivity contribution is 6.00. The van der Waals surface area contributed by atoms with Gasteiger partial charge in [-0.1, -0.05) is 13.8 Å². The summed E-state index contributed by atoms with van der Waals surface area (Å²) in [5, 5.41) is 57.3. The molecular formula is C37H62N12O15. The van der Waals surface area contributed by atoms with E-state index >= 15 is 0 Å². The molecule has 0 aromatic rings. The fourth-order valence-corrected chi connectivity index (χ4v) is 6.03. The molecule has 0 aromatic carbocycles. The van der Waals surface area contributed by atoms with Gasteiger partial charge >= 0.3 is 17.9 Å². The van der Waals surface area contributed by atoms with Crippen LogP contribution < -0.4 is 59.7 Å². The molecule has 0 aromatic heterocycles. The summed E-state index contributed by atoms with van der Waals surface area (Å²) < 4.78 is 0. The number of nitrogens with one attached hydrogen (secondary N) is 8. The van der Waals surface area contributed by atoms with Crippen LogP contribution >= 0.6 is 0 Å². The minimum Gasteiger partial charge on any atom is -0.481 e. The lowest BCUT2D eigenvalue weighted by atomic mass is 10.0. The highest BCUT2D eigenvalue weighted by Gasteiger charge is 2.37. The van der Waals surface area contributed by atoms with Gasteiger partial charge in [0.1, 0.15) is 48.3 Å². The Morgan fingerprint density at radius 1 is 0.547 bits per heavy atom. The summed E-state index contributed by atoms with van der Waals surface area (Å²) in [4.78, 5) is 148. The first-order valence-electron chi connectivity index (χ1n) is 20.4. The van der Waals surface area contributed by atoms with Crippen molar-refractivity contribution in [1.29, 1.82) is 0 Å². The van der Waals surface area contributed by atoms with Crippen LogP contribution in [0.25, 0.3) is 0 Å². The van der Waals surface area contributed by atoms with Crippen molar-refractivity contribution in [2.24, 2.45) is 28.1 Å². The zero-order chi connectivity index (χ0) is 48.8. The third kappa shape index (κ3) is 20.0. The molecule has 0 unspecified atom stereocenters. The molecule has 360 valence electrons. The van der Waals surface area contributed by atoms with Gasteiger partial charge in [0.15, 0.2) is 5.96 Å². The summed E-state index contributed by atoms with van der Waals surface area (Å²) >= 11 is 0. The summed E-state index contributed by atoms with van der Waals surface area (Å²) in [7, 11) is 0. The van der Waals surface area contributed by atoms with Crippen LogP contribution in [0.15, 0.2) is 4.99 Å². The van der Waals surface area contributed by atoms with E-state index in [9.17, 15) is 73.2 Å². The Hall–Kier alpha value is -6.64. The topological polar surface area (TPSA) is 455 Å². The van der Waals surface area contributed by atoms with Crippen LogP contribution in [0.2, 0.25) is 0 Å². The van der Waals surface area contributed by atoms with Crippen LogP contribution in [-0.4, -0.2) is 159 Å². The first-order chi connectivity index (χ1) is 29.9. The summed E-state index contributed by atoms with van der Waals surface area (Å²) in [6, 6.07) is -13.6. The minimum absolute atomic E-state index is 0.0252. The predicted molar refractivity (Wildman–Crippen MR) is 222 cm³/mol. The van der Waals surface area contributed by atoms with Gasteiger partial charge in [-0.3, -0.25) is 57.7 Å². The standard InChI is InChI=1S/C37H62N12O15/c1-16(2)27-35(63)46-22(14-25(53)54)33(61)42-17(3)29(57)43-21(10-11-24(51)52)32(60)49-28(18(4)50)36(64)47-23(15-26(55)56)34(62)45-19(8-5-6-12-38)30(58)44-20(31(59)48-27)9-7-13-41-37(39)40/h16-23,27-28,50H,5-15,38H2,1-4H3,(H,42,61)(H,43,57)(H,44,58)(H,45,62)(H,46,63)(H,47,64)(H,48,59)(H,49,60)(H,51,52)(H,53,54)(H,55,56)(H4,39,40,41)/t17-,18+,19-,20-,21-,22-,23-,27-,28-/m0/s1. The molecule has 0 radical (unpaired) electrons. The number of hydrogen-bond donors (Lipinski definition) is 15. The molecule has 0 aliphatic carbocycles. The highest BCUT2D eigenvalue weighted by atomic mass is 16.4. The SMILES string of the molecule is CC(C)[C@@H]1NC(=O)[C@H](CCCN=C(N)N)NC(=O)[C@H](CCCCN)NC(=O)[C@H](CC(=O)O)NC(=O)[C@H]([C@@H](C)O)NC(=O)[C@H](CCC(=O)O)NC(=O)[C@H](C)NC(=O)[C@H](CC(=O)O)NC1=O. The molecule has 9 atom stereocenters. The Morgan fingerprint density at radius 3 is 1.41 bits per heavy atom. The van der Waals surface area contributed by atoms with Crippen LogP contribution in [0.1, 0.15) is 85.5 Å². The number of rotatable bonds is 17. The molecule has 0 bridgehead atoms. The van der Waals surface area contributed by atoms with Crippen molar-refractivity contribution in [3.8, 4) is 0 Å². The number of carboxylic acids is 3. The van der Waals surface area contributed by atoms with Crippen molar-refractivity contribution < 1.29 is 73.2 Å². The van der Waals surface area contributed by atoms with Crippen LogP contribution in [0.4, 0.5) is 0 Å². The van der Waals surface area contributed by atoms with E-state index in [0.29, 0.717) is 6.42 Å². The summed E-state index contributed by atoms with van der Waals surface area (Å²) in [5.41, 5.74) is 16.5. The van der Waals surface area contributed by atoms with Gasteiger partial charge in [-0.25, -0.2) is 0 Å². The lowest BCUT2D eigenvalue weighted by molar-refractivity contribution is -0.142. The van der Waals surface area contributed by atoms with E-state index in [0.717, 1.165) is 13.8 Å². The molecule has 0 saturated carbocycles. The monoisotopic (exact) mass is 914 g/mol. The summed E-state index contributed by atoms with van der Waals surface area (Å²) in [5.74, 6) is -14.7. The molecule has 1 rings (SSSR count). The molecular weight excluding hydrogens is 852 g/mol. The lowest BCUT2D eigenvalue weighted by Crippen LogP contribution is -2.62. The minimum atomic E-state index is -1.97. The van der Waals surface area contributed by atoms with Crippen molar-refractivity contribution in [2.75, 3.05) is 13.1 Å². The second-order valence-electron chi connectivity index (χ2n) is 15.4. The number of guanidine groups is 1. The Labute approximate surface area is 367 Å². The van der Waals surface area contributed by atoms with E-state index in [2.05, 4.69) is 47.5 Å². The molecule has 27 nitrogen and oxygen atoms in total. The lowest BCUT2D eigenvalue weighted by Gasteiger charge is -2.29. The molecule has 27 heteroatoms. The largest absolute Gasteiger partial charge is 0.481 e. The number of carboxylic acid groups (broad SMARTS) is 3. The van der Waals surface area contributed by atoms with Gasteiger partial charge in [-0.2, -0.15) is 0 Å². The van der Waals surface area contributed by atoms with Crippen LogP contribution in [0.5, 0.6) is 0 Å². The fourth-order valence-electron chi connectivity index (χ4n) is 6.03. The van der Waals surface area contributed by atoms with Crippen molar-refractivity contribution in [2.45, 2.75) is 140 Å². The molecule has 1 saturated heterocycles. The number of hydrogen-bond acceptors (Lipinski definition) is 14. The van der Waals surface area contributed by atoms with E-state index in [-0.39, 0.29) is 44.7 Å². The number of nitrogens with two attached hydrogens (primary N) is 3. The number of aliphatic hydroxyl groups is 1. The van der Waals surface area contributed by atoms with Gasteiger partial charge < -0.3 is 80.2 Å². The summed E-state index contributed by atoms with van der Waals surface area (Å²) in [6.07, 6.45) is -4.91. The normalized spacial score (nSPS) is 25.4. The first kappa shape index (κ1) is 55.4. The van der Waals surface area contributed by atoms with E-state index in [1.165, 1.54) is 13.8 Å². The third-order valence-corrected chi connectivity index (χ3v) is 9.52. The number of aliphatic carboxylic acids is 3. The van der Waals surface area contributed by atoms with Gasteiger partial charge in [0, 0.05) is 13.0 Å². The maximum absolute atomic E-state index is 13.9. The molecule has 18 N–H and O–H groups in total. The number of unbranched alkanes of at least 4 members (excludes halogenated alkanes) is 1. The van der Waals surface area contributed by atoms with Gasteiger partial charge in [0.05, 0.1) is 18.9 Å². The average molecular weight is 915 g/mol. The van der Waals surface area contributed by atoms with Gasteiger partial charge in [0.2, 0.25) is 47.3 Å². The highest BCUT2D eigenvalue weighted by Crippen LogP contribution is 2.10. The predicted octanol–water partition coefficient (Wildman–Crippen LogP) is -6.07. The van der Waals surface area contributed by atoms with E-state index in [1.807, 2.05) is 0 Å². The van der Waals surface area contributed by atoms with Gasteiger partial charge in [-0.05, 0) is 64.8 Å². The second-order valence-corrected chi connectivity index (χ2v) is 15.4. The average Bonchev–Trinajstić information content (AvgIpc) is 3.18. The molecule has 1 aliphatic heterocycles. The Morgan fingerprint density at radius 2 is 0.953 bits per heavy atom. The Kier molecular flexibility index (Phi) is 23.7. The smallest absolute Gasteiger partial charge is 0.305 e. The molecule has 1 fully saturated rings. The van der Waals surface area contributed by atoms with E-state index < -0.39 is 151 Å². The van der Waals surface area contributed by atoms with Crippen molar-refractivity contribution in [3.63, 3.8) is 0 Å². The number of carbonyl (C=O) groups excluding carboxylic acids is 8. The van der Waals surface area contributed by atoms with Gasteiger partial charge in [-0.15, -0.1) is 0 Å². The zero-order valence-electron chi connectivity index (χ0n) is 36.0. The Bertz CT molecular complexity index is 1740. The Balaban J connectivity index is 3.95. The van der Waals surface area contributed by atoms with Crippen molar-refractivity contribution in [3.05, 3.63) is 0 Å². The van der Waals surface area contributed by atoms with E-state index in [4.69, 9.17) is 17.2 Å². The maximum atomic E-state index is 13.9. The summed E-state index contributed by atoms with van der Waals surface area (Å²) in [6.45, 7) is 5.27. The number of aliphatic imine (C=N–C) groups is 1. The first-order valence-corrected chi connectivity index (χ1v) is 20.4. The van der Waals surface area contributed by atoms with Crippen molar-refractivity contribution >= 4 is 71.1 Å². The van der Waals surface area contributed by atoms with Crippen LogP contribution in [-0.2, 0) is 52.7 Å². The fraction of sp³-hybridized carbons (Fsp3) is 0.676. The van der Waals surface area contributed by atoms with Crippen LogP contribution in [0, 0.1) is 5.92 Å². The number of nitrogens with zero attached hydrogens (tertiary/aromatic N) is 1. The quantitative estimate of drug-likeness (QED) is 0.0367. The zero-order valence-corrected chi connectivity index (χ0v) is 36.0. The van der Waals surface area contributed by atoms with Crippen molar-refractivity contribution in [1.82, 2.24) is 42.5 Å². The molecule has 1 heterocycles.